The van der Waals surface area contributed by atoms with Crippen LogP contribution < -0.4 is 10.9 Å². The number of anilines is 1. The first-order valence-corrected chi connectivity index (χ1v) is 6.23. The van der Waals surface area contributed by atoms with Crippen molar-refractivity contribution in [1.29, 1.82) is 0 Å². The number of nitrogens with zero attached hydrogens (tertiary/aromatic N) is 3. The Balaban J connectivity index is 2.42. The molecule has 0 radical (unpaired) electrons. The van der Waals surface area contributed by atoms with Crippen LogP contribution in [0, 0.1) is 6.92 Å². The van der Waals surface area contributed by atoms with Crippen LogP contribution in [0.4, 0.5) is 5.82 Å². The summed E-state index contributed by atoms with van der Waals surface area (Å²) in [4.78, 5) is 3.91. The van der Waals surface area contributed by atoms with Crippen LogP contribution >= 0.6 is 0 Å². The number of hydrogen-bond acceptors (Lipinski definition) is 5. The van der Waals surface area contributed by atoms with E-state index in [0.29, 0.717) is 11.6 Å². The molecule has 7 nitrogen and oxygen atoms in total. The Kier molecular flexibility index (Phi) is 2.60. The quantitative estimate of drug-likeness (QED) is 0.769. The molecule has 0 aromatic carbocycles. The molecule has 8 heteroatoms. The minimum Gasteiger partial charge on any atom is -0.382 e. The average molecular weight is 253 g/mol. The third kappa shape index (κ3) is 2.27. The molecule has 0 saturated carbocycles. The molecule has 17 heavy (non-hydrogen) atoms. The predicted octanol–water partition coefficient (Wildman–Crippen LogP) is -0.195. The van der Waals surface area contributed by atoms with E-state index in [2.05, 4.69) is 10.1 Å². The molecule has 0 spiro atoms. The van der Waals surface area contributed by atoms with Crippen LogP contribution in [-0.2, 0) is 10.0 Å². The number of rotatable bonds is 2. The number of sulfonamides is 1. The maximum atomic E-state index is 11.0. The van der Waals surface area contributed by atoms with Gasteiger partial charge in [-0.1, -0.05) is 0 Å². The Hall–Kier alpha value is -1.93. The van der Waals surface area contributed by atoms with Crippen molar-refractivity contribution < 1.29 is 8.42 Å². The maximum absolute atomic E-state index is 11.0. The molecule has 0 unspecified atom stereocenters. The summed E-state index contributed by atoms with van der Waals surface area (Å²) in [6.45, 7) is 1.82. The van der Waals surface area contributed by atoms with Gasteiger partial charge in [0.2, 0.25) is 10.0 Å². The van der Waals surface area contributed by atoms with E-state index in [1.54, 1.807) is 6.20 Å². The molecule has 0 fully saturated rings. The highest BCUT2D eigenvalue weighted by Crippen LogP contribution is 2.12. The third-order valence-electron chi connectivity index (χ3n) is 2.22. The fourth-order valence-corrected chi connectivity index (χ4v) is 1.72. The summed E-state index contributed by atoms with van der Waals surface area (Å²) in [5, 5.41) is 8.99. The van der Waals surface area contributed by atoms with E-state index in [1.807, 2.05) is 6.92 Å². The van der Waals surface area contributed by atoms with Gasteiger partial charge in [0.25, 0.3) is 0 Å². The monoisotopic (exact) mass is 253 g/mol. The predicted molar refractivity (Wildman–Crippen MR) is 61.9 cm³/mol. The second-order valence-electron chi connectivity index (χ2n) is 3.54. The molecular formula is C9H11N5O2S. The summed E-state index contributed by atoms with van der Waals surface area (Å²) in [5.41, 5.74) is 6.42. The first-order chi connectivity index (χ1) is 7.88. The van der Waals surface area contributed by atoms with Gasteiger partial charge < -0.3 is 5.73 Å². The van der Waals surface area contributed by atoms with Crippen molar-refractivity contribution in [1.82, 2.24) is 14.8 Å². The van der Waals surface area contributed by atoms with E-state index in [1.165, 1.54) is 23.0 Å². The lowest BCUT2D eigenvalue weighted by molar-refractivity contribution is 0.597. The summed E-state index contributed by atoms with van der Waals surface area (Å²) in [5.74, 6) is 0.875. The first-order valence-electron chi connectivity index (χ1n) is 4.69. The zero-order chi connectivity index (χ0) is 12.6. The second-order valence-corrected chi connectivity index (χ2v) is 5.10. The summed E-state index contributed by atoms with van der Waals surface area (Å²) in [6, 6.07) is 2.87. The Bertz CT molecular complexity index is 625. The Labute approximate surface area is 98.1 Å². The minimum atomic E-state index is -3.72. The fourth-order valence-electron chi connectivity index (χ4n) is 1.27. The van der Waals surface area contributed by atoms with Gasteiger partial charge in [-0.05, 0) is 19.1 Å². The van der Waals surface area contributed by atoms with Crippen molar-refractivity contribution in [3.63, 3.8) is 0 Å². The molecule has 0 saturated heterocycles. The maximum Gasteiger partial charge on any atom is 0.239 e. The van der Waals surface area contributed by atoms with Gasteiger partial charge in [-0.25, -0.2) is 23.2 Å². The highest BCUT2D eigenvalue weighted by atomic mass is 32.2. The van der Waals surface area contributed by atoms with Crippen molar-refractivity contribution in [2.45, 2.75) is 11.8 Å². The van der Waals surface area contributed by atoms with E-state index < -0.39 is 10.0 Å². The molecule has 0 atom stereocenters. The van der Waals surface area contributed by atoms with Crippen LogP contribution in [0.2, 0.25) is 0 Å². The van der Waals surface area contributed by atoms with Crippen molar-refractivity contribution in [3.8, 4) is 5.82 Å². The van der Waals surface area contributed by atoms with Gasteiger partial charge >= 0.3 is 0 Å². The Morgan fingerprint density at radius 2 is 2.06 bits per heavy atom. The number of nitrogens with two attached hydrogens (primary N) is 2. The summed E-state index contributed by atoms with van der Waals surface area (Å²) in [6.07, 6.45) is 2.88. The zero-order valence-electron chi connectivity index (χ0n) is 9.03. The number of primary sulfonamides is 1. The average Bonchev–Trinajstić information content (AvgIpc) is 2.58. The van der Waals surface area contributed by atoms with E-state index >= 15 is 0 Å². The Morgan fingerprint density at radius 3 is 2.47 bits per heavy atom. The summed E-state index contributed by atoms with van der Waals surface area (Å²) < 4.78 is 23.5. The number of aryl methyl sites for hydroxylation is 1. The molecular weight excluding hydrogens is 242 g/mol. The second kappa shape index (κ2) is 3.82. The minimum absolute atomic E-state index is 0.0434. The molecule has 4 N–H and O–H groups in total. The van der Waals surface area contributed by atoms with Crippen LogP contribution in [0.1, 0.15) is 5.56 Å². The van der Waals surface area contributed by atoms with Crippen LogP contribution in [0.3, 0.4) is 0 Å². The molecule has 2 rings (SSSR count). The molecule has 0 bridgehead atoms. The molecule has 0 aliphatic heterocycles. The molecule has 2 aromatic heterocycles. The van der Waals surface area contributed by atoms with E-state index in [9.17, 15) is 8.42 Å². The topological polar surface area (TPSA) is 117 Å². The van der Waals surface area contributed by atoms with Gasteiger partial charge in [0, 0.05) is 18.0 Å². The molecule has 2 aromatic rings. The SMILES string of the molecule is Cc1cn(-c2ccc(S(N)(=O)=O)cn2)nc1N. The van der Waals surface area contributed by atoms with Crippen LogP contribution in [0.25, 0.3) is 5.82 Å². The number of nitrogen functional groups attached to an aromatic ring is 1. The van der Waals surface area contributed by atoms with Crippen LogP contribution in [0.15, 0.2) is 29.4 Å². The molecule has 2 heterocycles. The third-order valence-corrected chi connectivity index (χ3v) is 3.12. The largest absolute Gasteiger partial charge is 0.382 e. The van der Waals surface area contributed by atoms with Crippen LogP contribution in [0.5, 0.6) is 0 Å². The van der Waals surface area contributed by atoms with Gasteiger partial charge in [-0.3, -0.25) is 0 Å². The van der Waals surface area contributed by atoms with Crippen molar-refractivity contribution in [2.24, 2.45) is 5.14 Å². The lowest BCUT2D eigenvalue weighted by Gasteiger charge is -2.01. The number of pyridine rings is 1. The van der Waals surface area contributed by atoms with E-state index in [4.69, 9.17) is 10.9 Å². The van der Waals surface area contributed by atoms with Crippen molar-refractivity contribution >= 4 is 15.8 Å². The highest BCUT2D eigenvalue weighted by Gasteiger charge is 2.09. The fraction of sp³-hybridized carbons (Fsp3) is 0.111. The van der Waals surface area contributed by atoms with E-state index in [0.717, 1.165) is 5.56 Å². The number of hydrogen-bond donors (Lipinski definition) is 2. The standard InChI is InChI=1S/C9H11N5O2S/c1-6-5-14(13-9(6)10)8-3-2-7(4-12-8)17(11,15)16/h2-5H,1H3,(H2,10,13)(H2,11,15,16). The molecule has 90 valence electrons. The van der Waals surface area contributed by atoms with Crippen molar-refractivity contribution in [2.75, 3.05) is 5.73 Å². The first kappa shape index (κ1) is 11.6. The molecule has 0 aliphatic rings. The smallest absolute Gasteiger partial charge is 0.239 e. The van der Waals surface area contributed by atoms with Gasteiger partial charge in [0.1, 0.15) is 10.7 Å². The number of aromatic nitrogens is 3. The van der Waals surface area contributed by atoms with Crippen LogP contribution in [-0.4, -0.2) is 23.2 Å². The lowest BCUT2D eigenvalue weighted by Crippen LogP contribution is -2.12. The van der Waals surface area contributed by atoms with E-state index in [-0.39, 0.29) is 4.90 Å². The zero-order valence-corrected chi connectivity index (χ0v) is 9.85. The van der Waals surface area contributed by atoms with Gasteiger partial charge in [-0.2, -0.15) is 0 Å². The Morgan fingerprint density at radius 1 is 1.35 bits per heavy atom. The summed E-state index contributed by atoms with van der Waals surface area (Å²) in [7, 11) is -3.72. The molecule has 0 amide bonds. The van der Waals surface area contributed by atoms with Crippen molar-refractivity contribution in [3.05, 3.63) is 30.1 Å². The van der Waals surface area contributed by atoms with Gasteiger partial charge in [0.15, 0.2) is 5.82 Å². The van der Waals surface area contributed by atoms with Gasteiger partial charge in [0.05, 0.1) is 0 Å². The van der Waals surface area contributed by atoms with Gasteiger partial charge in [-0.15, -0.1) is 5.10 Å². The molecule has 0 aliphatic carbocycles. The highest BCUT2D eigenvalue weighted by molar-refractivity contribution is 7.89. The normalized spacial score (nSPS) is 11.6. The lowest BCUT2D eigenvalue weighted by atomic mass is 10.4. The summed E-state index contributed by atoms with van der Waals surface area (Å²) >= 11 is 0.